The van der Waals surface area contributed by atoms with Gasteiger partial charge in [0, 0.05) is 18.7 Å². The lowest BCUT2D eigenvalue weighted by atomic mass is 10.2. The van der Waals surface area contributed by atoms with Crippen LogP contribution in [0.5, 0.6) is 0 Å². The number of hydrogen-bond donors (Lipinski definition) is 2. The Morgan fingerprint density at radius 2 is 2.00 bits per heavy atom. The summed E-state index contributed by atoms with van der Waals surface area (Å²) in [5.74, 6) is -0.0346. The van der Waals surface area contributed by atoms with E-state index < -0.39 is 0 Å². The summed E-state index contributed by atoms with van der Waals surface area (Å²) in [6, 6.07) is 10.0. The average molecular weight is 301 g/mol. The van der Waals surface area contributed by atoms with Crippen molar-refractivity contribution in [2.24, 2.45) is 5.92 Å². The first-order chi connectivity index (χ1) is 10.6. The van der Waals surface area contributed by atoms with E-state index in [2.05, 4.69) is 15.6 Å². The van der Waals surface area contributed by atoms with Crippen LogP contribution in [0.1, 0.15) is 29.9 Å². The molecule has 0 bridgehead atoms. The molecule has 0 atom stereocenters. The molecule has 2 rings (SSSR count). The summed E-state index contributed by atoms with van der Waals surface area (Å²) < 4.78 is 13.5. The molecule has 5 heteroatoms. The minimum atomic E-state index is -0.243. The first kappa shape index (κ1) is 15.9. The number of anilines is 1. The standard InChI is InChI=1S/C17H20FN3O/c1-12(2)9-21-17(22)16-8-7-14(11-20-16)19-10-13-5-3-4-6-15(13)18/h3-8,11-12,19H,9-10H2,1-2H3,(H,21,22). The van der Waals surface area contributed by atoms with Gasteiger partial charge in [-0.3, -0.25) is 4.79 Å². The van der Waals surface area contributed by atoms with Crippen LogP contribution >= 0.6 is 0 Å². The molecule has 1 aromatic heterocycles. The second kappa shape index (κ2) is 7.54. The molecule has 2 N–H and O–H groups in total. The van der Waals surface area contributed by atoms with Crippen molar-refractivity contribution in [3.63, 3.8) is 0 Å². The van der Waals surface area contributed by atoms with Gasteiger partial charge in [0.2, 0.25) is 0 Å². The molecule has 1 amide bonds. The Hall–Kier alpha value is -2.43. The van der Waals surface area contributed by atoms with E-state index in [1.165, 1.54) is 6.07 Å². The highest BCUT2D eigenvalue weighted by molar-refractivity contribution is 5.92. The zero-order valence-corrected chi connectivity index (χ0v) is 12.8. The topological polar surface area (TPSA) is 54.0 Å². The zero-order valence-electron chi connectivity index (χ0n) is 12.8. The van der Waals surface area contributed by atoms with E-state index in [9.17, 15) is 9.18 Å². The maximum absolute atomic E-state index is 13.5. The van der Waals surface area contributed by atoms with Crippen LogP contribution in [-0.4, -0.2) is 17.4 Å². The highest BCUT2D eigenvalue weighted by Gasteiger charge is 2.07. The number of pyridine rings is 1. The Morgan fingerprint density at radius 1 is 1.23 bits per heavy atom. The SMILES string of the molecule is CC(C)CNC(=O)c1ccc(NCc2ccccc2F)cn1. The third-order valence-corrected chi connectivity index (χ3v) is 3.11. The molecule has 0 aliphatic heterocycles. The van der Waals surface area contributed by atoms with Crippen molar-refractivity contribution in [2.45, 2.75) is 20.4 Å². The normalized spacial score (nSPS) is 10.5. The number of carbonyl (C=O) groups is 1. The Bertz CT molecular complexity index is 626. The van der Waals surface area contributed by atoms with E-state index in [1.807, 2.05) is 13.8 Å². The summed E-state index contributed by atoms with van der Waals surface area (Å²) in [5.41, 5.74) is 1.70. The fourth-order valence-corrected chi connectivity index (χ4v) is 1.86. The predicted octanol–water partition coefficient (Wildman–Crippen LogP) is 3.22. The third kappa shape index (κ3) is 4.55. The van der Waals surface area contributed by atoms with E-state index in [0.717, 1.165) is 5.69 Å². The highest BCUT2D eigenvalue weighted by atomic mass is 19.1. The van der Waals surface area contributed by atoms with Gasteiger partial charge in [-0.1, -0.05) is 32.0 Å². The van der Waals surface area contributed by atoms with E-state index in [-0.39, 0.29) is 11.7 Å². The van der Waals surface area contributed by atoms with Crippen LogP contribution in [-0.2, 0) is 6.54 Å². The smallest absolute Gasteiger partial charge is 0.269 e. The molecule has 0 aliphatic carbocycles. The molecule has 0 saturated carbocycles. The number of hydrogen-bond acceptors (Lipinski definition) is 3. The molecule has 0 radical (unpaired) electrons. The van der Waals surface area contributed by atoms with Crippen molar-refractivity contribution in [1.29, 1.82) is 0 Å². The van der Waals surface area contributed by atoms with E-state index in [1.54, 1.807) is 36.5 Å². The number of amides is 1. The highest BCUT2D eigenvalue weighted by Crippen LogP contribution is 2.11. The molecule has 1 heterocycles. The quantitative estimate of drug-likeness (QED) is 0.861. The predicted molar refractivity (Wildman–Crippen MR) is 85.1 cm³/mol. The van der Waals surface area contributed by atoms with Crippen molar-refractivity contribution in [3.8, 4) is 0 Å². The largest absolute Gasteiger partial charge is 0.380 e. The summed E-state index contributed by atoms with van der Waals surface area (Å²) in [6.45, 7) is 5.05. The van der Waals surface area contributed by atoms with Crippen molar-refractivity contribution in [2.75, 3.05) is 11.9 Å². The van der Waals surface area contributed by atoms with E-state index in [0.29, 0.717) is 30.3 Å². The Balaban J connectivity index is 1.92. The van der Waals surface area contributed by atoms with Crippen molar-refractivity contribution in [1.82, 2.24) is 10.3 Å². The first-order valence-electron chi connectivity index (χ1n) is 7.28. The lowest BCUT2D eigenvalue weighted by molar-refractivity contribution is 0.0944. The van der Waals surface area contributed by atoms with Gasteiger partial charge in [0.15, 0.2) is 0 Å². The van der Waals surface area contributed by atoms with Crippen molar-refractivity contribution < 1.29 is 9.18 Å². The lowest BCUT2D eigenvalue weighted by Gasteiger charge is -2.09. The Morgan fingerprint density at radius 3 is 2.64 bits per heavy atom. The van der Waals surface area contributed by atoms with E-state index in [4.69, 9.17) is 0 Å². The van der Waals surface area contributed by atoms with Crippen molar-refractivity contribution >= 4 is 11.6 Å². The molecule has 0 saturated heterocycles. The van der Waals surface area contributed by atoms with Gasteiger partial charge >= 0.3 is 0 Å². The second-order valence-electron chi connectivity index (χ2n) is 5.48. The summed E-state index contributed by atoms with van der Waals surface area (Å²) in [7, 11) is 0. The summed E-state index contributed by atoms with van der Waals surface area (Å²) in [5, 5.41) is 5.90. The number of benzene rings is 1. The number of halogens is 1. The fourth-order valence-electron chi connectivity index (χ4n) is 1.86. The molecule has 116 valence electrons. The van der Waals surface area contributed by atoms with Crippen LogP contribution in [0, 0.1) is 11.7 Å². The number of nitrogens with zero attached hydrogens (tertiary/aromatic N) is 1. The van der Waals surface area contributed by atoms with Gasteiger partial charge in [0.25, 0.3) is 5.91 Å². The zero-order chi connectivity index (χ0) is 15.9. The molecule has 2 aromatic rings. The first-order valence-corrected chi connectivity index (χ1v) is 7.28. The van der Waals surface area contributed by atoms with Gasteiger partial charge in [-0.25, -0.2) is 9.37 Å². The average Bonchev–Trinajstić information content (AvgIpc) is 2.52. The van der Waals surface area contributed by atoms with Gasteiger partial charge in [0.05, 0.1) is 11.9 Å². The number of nitrogens with one attached hydrogen (secondary N) is 2. The minimum Gasteiger partial charge on any atom is -0.380 e. The summed E-state index contributed by atoms with van der Waals surface area (Å²) >= 11 is 0. The van der Waals surface area contributed by atoms with Crippen LogP contribution < -0.4 is 10.6 Å². The van der Waals surface area contributed by atoms with Crippen molar-refractivity contribution in [3.05, 3.63) is 59.7 Å². The van der Waals surface area contributed by atoms with Gasteiger partial charge in [-0.15, -0.1) is 0 Å². The Kier molecular flexibility index (Phi) is 5.47. The monoisotopic (exact) mass is 301 g/mol. The fraction of sp³-hybridized carbons (Fsp3) is 0.294. The molecule has 0 aliphatic rings. The Labute approximate surface area is 129 Å². The minimum absolute atomic E-state index is 0.186. The maximum atomic E-state index is 13.5. The van der Waals surface area contributed by atoms with Crippen LogP contribution in [0.25, 0.3) is 0 Å². The lowest BCUT2D eigenvalue weighted by Crippen LogP contribution is -2.27. The molecule has 0 fully saturated rings. The summed E-state index contributed by atoms with van der Waals surface area (Å²) in [4.78, 5) is 16.0. The number of aromatic nitrogens is 1. The van der Waals surface area contributed by atoms with Gasteiger partial charge < -0.3 is 10.6 Å². The molecule has 22 heavy (non-hydrogen) atoms. The van der Waals surface area contributed by atoms with Gasteiger partial charge in [0.1, 0.15) is 11.5 Å². The van der Waals surface area contributed by atoms with Crippen LogP contribution in [0.2, 0.25) is 0 Å². The second-order valence-corrected chi connectivity index (χ2v) is 5.48. The van der Waals surface area contributed by atoms with Crippen LogP contribution in [0.3, 0.4) is 0 Å². The summed E-state index contributed by atoms with van der Waals surface area (Å²) in [6.07, 6.45) is 1.57. The maximum Gasteiger partial charge on any atom is 0.269 e. The number of rotatable bonds is 6. The molecule has 4 nitrogen and oxygen atoms in total. The molecular formula is C17H20FN3O. The molecular weight excluding hydrogens is 281 g/mol. The molecule has 0 unspecified atom stereocenters. The number of carbonyl (C=O) groups excluding carboxylic acids is 1. The molecule has 0 spiro atoms. The van der Waals surface area contributed by atoms with Crippen LogP contribution in [0.15, 0.2) is 42.6 Å². The van der Waals surface area contributed by atoms with Crippen LogP contribution in [0.4, 0.5) is 10.1 Å². The molecule has 1 aromatic carbocycles. The van der Waals surface area contributed by atoms with Gasteiger partial charge in [-0.2, -0.15) is 0 Å². The van der Waals surface area contributed by atoms with Gasteiger partial charge in [-0.05, 0) is 24.1 Å². The third-order valence-electron chi connectivity index (χ3n) is 3.11. The van der Waals surface area contributed by atoms with E-state index >= 15 is 0 Å².